The van der Waals surface area contributed by atoms with Crippen molar-refractivity contribution in [3.05, 3.63) is 87.8 Å². The Bertz CT molecular complexity index is 914. The maximum absolute atomic E-state index is 13.1. The van der Waals surface area contributed by atoms with Gasteiger partial charge in [-0.1, -0.05) is 60.7 Å². The fraction of sp³-hybridized carbons (Fsp3) is 0.217. The third-order valence-electron chi connectivity index (χ3n) is 4.75. The number of rotatable bonds is 6. The van der Waals surface area contributed by atoms with Gasteiger partial charge < -0.3 is 5.32 Å². The molecule has 3 aromatic rings. The van der Waals surface area contributed by atoms with Gasteiger partial charge in [0.2, 0.25) is 5.91 Å². The molecule has 0 aliphatic carbocycles. The first kappa shape index (κ1) is 18.9. The topological polar surface area (TPSA) is 52.9 Å². The third-order valence-corrected chi connectivity index (χ3v) is 5.88. The molecule has 136 valence electrons. The van der Waals surface area contributed by atoms with Gasteiger partial charge in [0.15, 0.2) is 0 Å². The summed E-state index contributed by atoms with van der Waals surface area (Å²) in [6.45, 7) is 3.90. The van der Waals surface area contributed by atoms with Crippen molar-refractivity contribution in [2.24, 2.45) is 5.92 Å². The Labute approximate surface area is 164 Å². The molecule has 27 heavy (non-hydrogen) atoms. The molecular formula is C23H22N2OS. The average Bonchev–Trinajstić information content (AvgIpc) is 2.95. The number of carbonyl (C=O) groups excluding carboxylic acids is 1. The Morgan fingerprint density at radius 2 is 1.52 bits per heavy atom. The van der Waals surface area contributed by atoms with E-state index in [4.69, 9.17) is 0 Å². The van der Waals surface area contributed by atoms with Crippen molar-refractivity contribution >= 4 is 22.2 Å². The Morgan fingerprint density at radius 3 is 2.00 bits per heavy atom. The Kier molecular flexibility index (Phi) is 6.05. The van der Waals surface area contributed by atoms with Gasteiger partial charge in [0.05, 0.1) is 5.56 Å². The largest absolute Gasteiger partial charge is 0.316 e. The van der Waals surface area contributed by atoms with Gasteiger partial charge in [-0.15, -0.1) is 11.3 Å². The summed E-state index contributed by atoms with van der Waals surface area (Å²) in [5.41, 5.74) is 3.78. The van der Waals surface area contributed by atoms with Crippen LogP contribution in [-0.4, -0.2) is 5.91 Å². The minimum atomic E-state index is -0.205. The SMILES string of the molecule is Cc1sc(NC(=O)C(Cc2ccccc2)Cc2ccccc2)c(C#N)c1C. The second-order valence-electron chi connectivity index (χ2n) is 6.66. The molecule has 0 saturated heterocycles. The number of hydrogen-bond acceptors (Lipinski definition) is 3. The van der Waals surface area contributed by atoms with Gasteiger partial charge in [-0.3, -0.25) is 4.79 Å². The molecule has 1 amide bonds. The minimum absolute atomic E-state index is 0.0412. The highest BCUT2D eigenvalue weighted by atomic mass is 32.1. The fourth-order valence-corrected chi connectivity index (χ4v) is 4.13. The summed E-state index contributed by atoms with van der Waals surface area (Å²) < 4.78 is 0. The molecule has 1 N–H and O–H groups in total. The summed E-state index contributed by atoms with van der Waals surface area (Å²) in [4.78, 5) is 14.2. The Morgan fingerprint density at radius 1 is 1.00 bits per heavy atom. The van der Waals surface area contributed by atoms with Crippen molar-refractivity contribution in [3.8, 4) is 6.07 Å². The van der Waals surface area contributed by atoms with Crippen molar-refractivity contribution in [1.82, 2.24) is 0 Å². The normalized spacial score (nSPS) is 10.6. The first-order valence-electron chi connectivity index (χ1n) is 8.97. The van der Waals surface area contributed by atoms with E-state index in [0.29, 0.717) is 23.4 Å². The molecule has 0 saturated carbocycles. The smallest absolute Gasteiger partial charge is 0.228 e. The van der Waals surface area contributed by atoms with Gasteiger partial charge in [-0.2, -0.15) is 5.26 Å². The maximum Gasteiger partial charge on any atom is 0.228 e. The second-order valence-corrected chi connectivity index (χ2v) is 7.89. The lowest BCUT2D eigenvalue weighted by Gasteiger charge is -2.17. The lowest BCUT2D eigenvalue weighted by molar-refractivity contribution is -0.119. The molecule has 0 aliphatic rings. The minimum Gasteiger partial charge on any atom is -0.316 e. The third kappa shape index (κ3) is 4.64. The van der Waals surface area contributed by atoms with Crippen LogP contribution in [0, 0.1) is 31.1 Å². The Balaban J connectivity index is 1.84. The van der Waals surface area contributed by atoms with E-state index >= 15 is 0 Å². The summed E-state index contributed by atoms with van der Waals surface area (Å²) in [6.07, 6.45) is 1.32. The van der Waals surface area contributed by atoms with Crippen LogP contribution in [0.4, 0.5) is 5.00 Å². The summed E-state index contributed by atoms with van der Waals surface area (Å²) in [7, 11) is 0. The number of hydrogen-bond donors (Lipinski definition) is 1. The molecule has 0 spiro atoms. The van der Waals surface area contributed by atoms with Crippen LogP contribution in [0.3, 0.4) is 0 Å². The highest BCUT2D eigenvalue weighted by molar-refractivity contribution is 7.16. The molecule has 3 nitrogen and oxygen atoms in total. The molecule has 0 fully saturated rings. The van der Waals surface area contributed by atoms with E-state index in [-0.39, 0.29) is 11.8 Å². The molecular weight excluding hydrogens is 352 g/mol. The van der Waals surface area contributed by atoms with E-state index in [9.17, 15) is 10.1 Å². The molecule has 0 unspecified atom stereocenters. The van der Waals surface area contributed by atoms with Crippen molar-refractivity contribution in [1.29, 1.82) is 5.26 Å². The standard InChI is InChI=1S/C23H22N2OS/c1-16-17(2)27-23(21(16)15-24)25-22(26)20(13-18-9-5-3-6-10-18)14-19-11-7-4-8-12-19/h3-12,20H,13-14H2,1-2H3,(H,25,26). The van der Waals surface area contributed by atoms with E-state index < -0.39 is 0 Å². The number of aryl methyl sites for hydroxylation is 1. The number of nitrogens with zero attached hydrogens (tertiary/aromatic N) is 1. The number of thiophene rings is 1. The van der Waals surface area contributed by atoms with Crippen LogP contribution >= 0.6 is 11.3 Å². The number of carbonyl (C=O) groups is 1. The Hall–Kier alpha value is -2.90. The summed E-state index contributed by atoms with van der Waals surface area (Å²) in [5.74, 6) is -0.246. The van der Waals surface area contributed by atoms with Crippen molar-refractivity contribution in [3.63, 3.8) is 0 Å². The van der Waals surface area contributed by atoms with Crippen LogP contribution in [0.1, 0.15) is 27.1 Å². The zero-order valence-electron chi connectivity index (χ0n) is 15.5. The molecule has 3 rings (SSSR count). The highest BCUT2D eigenvalue weighted by Gasteiger charge is 2.22. The predicted octanol–water partition coefficient (Wildman–Crippen LogP) is 5.28. The molecule has 1 heterocycles. The van der Waals surface area contributed by atoms with E-state index in [0.717, 1.165) is 21.6 Å². The number of amides is 1. The van der Waals surface area contributed by atoms with E-state index in [1.807, 2.05) is 74.5 Å². The highest BCUT2D eigenvalue weighted by Crippen LogP contribution is 2.32. The van der Waals surface area contributed by atoms with E-state index in [2.05, 4.69) is 11.4 Å². The molecule has 0 bridgehead atoms. The molecule has 2 aromatic carbocycles. The van der Waals surface area contributed by atoms with Crippen molar-refractivity contribution < 1.29 is 4.79 Å². The summed E-state index contributed by atoms with van der Waals surface area (Å²) in [5, 5.41) is 13.1. The van der Waals surface area contributed by atoms with Gasteiger partial charge in [0.1, 0.15) is 11.1 Å². The fourth-order valence-electron chi connectivity index (χ4n) is 3.12. The number of benzene rings is 2. The van der Waals surface area contributed by atoms with Gasteiger partial charge in [-0.05, 0) is 43.4 Å². The van der Waals surface area contributed by atoms with E-state index in [1.165, 1.54) is 11.3 Å². The van der Waals surface area contributed by atoms with Crippen LogP contribution < -0.4 is 5.32 Å². The molecule has 4 heteroatoms. The van der Waals surface area contributed by atoms with E-state index in [1.54, 1.807) is 0 Å². The van der Waals surface area contributed by atoms with Crippen LogP contribution in [0.15, 0.2) is 60.7 Å². The number of nitriles is 1. The first-order chi connectivity index (χ1) is 13.1. The van der Waals surface area contributed by atoms with Gasteiger partial charge in [0.25, 0.3) is 0 Å². The van der Waals surface area contributed by atoms with Crippen LogP contribution in [-0.2, 0) is 17.6 Å². The average molecular weight is 375 g/mol. The van der Waals surface area contributed by atoms with Gasteiger partial charge in [-0.25, -0.2) is 0 Å². The number of anilines is 1. The van der Waals surface area contributed by atoms with Crippen LogP contribution in [0.2, 0.25) is 0 Å². The molecule has 1 aromatic heterocycles. The van der Waals surface area contributed by atoms with Crippen molar-refractivity contribution in [2.75, 3.05) is 5.32 Å². The van der Waals surface area contributed by atoms with Crippen LogP contribution in [0.25, 0.3) is 0 Å². The van der Waals surface area contributed by atoms with Gasteiger partial charge >= 0.3 is 0 Å². The second kappa shape index (κ2) is 8.66. The lowest BCUT2D eigenvalue weighted by atomic mass is 9.91. The molecule has 0 atom stereocenters. The van der Waals surface area contributed by atoms with Gasteiger partial charge in [0, 0.05) is 10.8 Å². The number of nitrogens with one attached hydrogen (secondary N) is 1. The zero-order valence-corrected chi connectivity index (χ0v) is 16.3. The van der Waals surface area contributed by atoms with Crippen LogP contribution in [0.5, 0.6) is 0 Å². The predicted molar refractivity (Wildman–Crippen MR) is 111 cm³/mol. The lowest BCUT2D eigenvalue weighted by Crippen LogP contribution is -2.26. The molecule has 0 aliphatic heterocycles. The quantitative estimate of drug-likeness (QED) is 0.638. The molecule has 0 radical (unpaired) electrons. The maximum atomic E-state index is 13.1. The zero-order chi connectivity index (χ0) is 19.2. The van der Waals surface area contributed by atoms with Crippen molar-refractivity contribution in [2.45, 2.75) is 26.7 Å². The summed E-state index contributed by atoms with van der Waals surface area (Å²) in [6, 6.07) is 22.3. The monoisotopic (exact) mass is 374 g/mol. The first-order valence-corrected chi connectivity index (χ1v) is 9.79. The summed E-state index contributed by atoms with van der Waals surface area (Å²) >= 11 is 1.47.